The van der Waals surface area contributed by atoms with E-state index < -0.39 is 0 Å². The first-order valence-electron chi connectivity index (χ1n) is 11.0. The maximum absolute atomic E-state index is 11.9. The predicted molar refractivity (Wildman–Crippen MR) is 149 cm³/mol. The van der Waals surface area contributed by atoms with E-state index in [0.29, 0.717) is 6.42 Å². The first-order chi connectivity index (χ1) is 15.9. The minimum absolute atomic E-state index is 0. The highest BCUT2D eigenvalue weighted by atomic mass is 32.1. The van der Waals surface area contributed by atoms with Crippen LogP contribution in [0.5, 0.6) is 5.75 Å². The number of benzene rings is 3. The number of methoxy groups -OCH3 is 1. The van der Waals surface area contributed by atoms with Crippen LogP contribution < -0.4 is 10.5 Å². The van der Waals surface area contributed by atoms with Crippen LogP contribution in [0.15, 0.2) is 82.8 Å². The van der Waals surface area contributed by atoms with Crippen molar-refractivity contribution >= 4 is 29.9 Å². The fourth-order valence-corrected chi connectivity index (χ4v) is 3.43. The van der Waals surface area contributed by atoms with E-state index in [1.165, 1.54) is 5.56 Å². The Morgan fingerprint density at radius 1 is 1.00 bits per heavy atom. The number of rotatable bonds is 3. The second kappa shape index (κ2) is 15.5. The topological polar surface area (TPSA) is 131 Å². The number of thiol groups is 1. The van der Waals surface area contributed by atoms with Gasteiger partial charge in [0.05, 0.1) is 18.9 Å². The lowest BCUT2D eigenvalue weighted by Gasteiger charge is -2.20. The Morgan fingerprint density at radius 2 is 1.54 bits per heavy atom. The Balaban J connectivity index is 0. The number of carbonyl (C=O) groups excluding carboxylic acids is 1. The van der Waals surface area contributed by atoms with Gasteiger partial charge < -0.3 is 21.4 Å². The summed E-state index contributed by atoms with van der Waals surface area (Å²) in [6.07, 6.45) is 0.715. The van der Waals surface area contributed by atoms with Crippen molar-refractivity contribution in [3.05, 3.63) is 89.5 Å². The molecule has 0 bridgehead atoms. The van der Waals surface area contributed by atoms with Crippen molar-refractivity contribution in [1.82, 2.24) is 5.01 Å². The monoisotopic (exact) mass is 501 g/mol. The maximum atomic E-state index is 11.9. The van der Waals surface area contributed by atoms with Crippen LogP contribution >= 0.6 is 12.6 Å². The van der Waals surface area contributed by atoms with E-state index in [1.54, 1.807) is 19.0 Å². The average Bonchev–Trinajstić information content (AvgIpc) is 3.28. The molecule has 0 fully saturated rings. The first-order valence-corrected chi connectivity index (χ1v) is 11.4. The molecule has 1 aliphatic rings. The van der Waals surface area contributed by atoms with Crippen LogP contribution in [-0.2, 0) is 4.79 Å². The van der Waals surface area contributed by atoms with Gasteiger partial charge in [-0.1, -0.05) is 55.8 Å². The SMILES string of the molecule is CC.CC(=O)N1N=C(c2ccc(N)cc2)CC1c1ccc(C)cc1.COc1ccc(S)cc1.O.O.[HH]. The third-order valence-corrected chi connectivity index (χ3v) is 5.31. The molecule has 3 aromatic rings. The number of nitrogens with two attached hydrogens (primary N) is 1. The zero-order valence-electron chi connectivity index (χ0n) is 20.9. The highest BCUT2D eigenvalue weighted by Crippen LogP contribution is 2.33. The number of nitrogen functional groups attached to an aromatic ring is 1. The van der Waals surface area contributed by atoms with Crippen LogP contribution in [-0.4, -0.2) is 34.7 Å². The zero-order valence-corrected chi connectivity index (χ0v) is 21.8. The Hall–Kier alpha value is -3.33. The molecule has 3 aromatic carbocycles. The van der Waals surface area contributed by atoms with E-state index in [0.717, 1.165) is 33.2 Å². The molecule has 192 valence electrons. The number of hydrazone groups is 1. The van der Waals surface area contributed by atoms with Gasteiger partial charge in [0.15, 0.2) is 0 Å². The number of nitrogens with zero attached hydrogens (tertiary/aromatic N) is 2. The van der Waals surface area contributed by atoms with Crippen molar-refractivity contribution in [3.8, 4) is 5.75 Å². The van der Waals surface area contributed by atoms with Gasteiger partial charge in [0, 0.05) is 25.4 Å². The molecule has 0 aliphatic carbocycles. The van der Waals surface area contributed by atoms with Gasteiger partial charge in [-0.15, -0.1) is 12.6 Å². The molecule has 0 aromatic heterocycles. The fraction of sp³-hybridized carbons (Fsp3) is 0.259. The smallest absolute Gasteiger partial charge is 0.240 e. The van der Waals surface area contributed by atoms with Crippen LogP contribution in [0.3, 0.4) is 0 Å². The summed E-state index contributed by atoms with van der Waals surface area (Å²) < 4.78 is 4.94. The number of hydrogen-bond donors (Lipinski definition) is 2. The highest BCUT2D eigenvalue weighted by molar-refractivity contribution is 7.80. The molecule has 1 heterocycles. The summed E-state index contributed by atoms with van der Waals surface area (Å²) in [5.41, 5.74) is 10.7. The summed E-state index contributed by atoms with van der Waals surface area (Å²) in [7, 11) is 1.65. The lowest BCUT2D eigenvalue weighted by Crippen LogP contribution is -2.24. The molecule has 0 spiro atoms. The lowest BCUT2D eigenvalue weighted by molar-refractivity contribution is -0.130. The third kappa shape index (κ3) is 9.09. The van der Waals surface area contributed by atoms with E-state index in [1.807, 2.05) is 62.4 Å². The second-order valence-electron chi connectivity index (χ2n) is 7.36. The molecule has 1 amide bonds. The molecule has 1 unspecified atom stereocenters. The Morgan fingerprint density at radius 3 is 2.03 bits per heavy atom. The predicted octanol–water partition coefficient (Wildman–Crippen LogP) is 4.88. The number of hydrogen-bond acceptors (Lipinski definition) is 5. The molecule has 1 atom stereocenters. The quantitative estimate of drug-likeness (QED) is 0.391. The largest absolute Gasteiger partial charge is 0.497 e. The van der Waals surface area contributed by atoms with E-state index in [2.05, 4.69) is 48.9 Å². The number of ether oxygens (including phenoxy) is 1. The third-order valence-electron chi connectivity index (χ3n) is 5.01. The molecule has 0 radical (unpaired) electrons. The van der Waals surface area contributed by atoms with E-state index >= 15 is 0 Å². The molecular weight excluding hydrogens is 462 g/mol. The molecule has 0 saturated heterocycles. The summed E-state index contributed by atoms with van der Waals surface area (Å²) >= 11 is 4.11. The minimum atomic E-state index is -0.0454. The van der Waals surface area contributed by atoms with Crippen molar-refractivity contribution in [2.45, 2.75) is 45.1 Å². The summed E-state index contributed by atoms with van der Waals surface area (Å²) in [6.45, 7) is 7.61. The van der Waals surface area contributed by atoms with Crippen LogP contribution in [0.4, 0.5) is 5.69 Å². The molecule has 8 heteroatoms. The average molecular weight is 502 g/mol. The van der Waals surface area contributed by atoms with Crippen molar-refractivity contribution in [3.63, 3.8) is 0 Å². The highest BCUT2D eigenvalue weighted by Gasteiger charge is 2.31. The van der Waals surface area contributed by atoms with Gasteiger partial charge in [0.1, 0.15) is 5.75 Å². The van der Waals surface area contributed by atoms with Gasteiger partial charge in [-0.3, -0.25) is 4.79 Å². The van der Waals surface area contributed by atoms with Crippen molar-refractivity contribution in [2.75, 3.05) is 12.8 Å². The van der Waals surface area contributed by atoms with Crippen molar-refractivity contribution in [2.24, 2.45) is 5.10 Å². The number of amides is 1. The van der Waals surface area contributed by atoms with Gasteiger partial charge in [-0.2, -0.15) is 5.10 Å². The van der Waals surface area contributed by atoms with Crippen molar-refractivity contribution < 1.29 is 21.9 Å². The number of anilines is 1. The normalized spacial score (nSPS) is 13.5. The molecule has 1 aliphatic heterocycles. The van der Waals surface area contributed by atoms with Gasteiger partial charge >= 0.3 is 0 Å². The van der Waals surface area contributed by atoms with Crippen LogP contribution in [0.2, 0.25) is 0 Å². The number of aryl methyl sites for hydroxylation is 1. The van der Waals surface area contributed by atoms with Gasteiger partial charge in [0.25, 0.3) is 0 Å². The summed E-state index contributed by atoms with van der Waals surface area (Å²) in [5.74, 6) is 0.823. The zero-order chi connectivity index (χ0) is 24.4. The fourth-order valence-electron chi connectivity index (χ4n) is 3.28. The van der Waals surface area contributed by atoms with Crippen LogP contribution in [0.25, 0.3) is 0 Å². The lowest BCUT2D eigenvalue weighted by atomic mass is 9.97. The Bertz CT molecular complexity index is 1060. The Kier molecular flexibility index (Phi) is 14.1. The van der Waals surface area contributed by atoms with Gasteiger partial charge in [0.2, 0.25) is 5.91 Å². The maximum Gasteiger partial charge on any atom is 0.240 e. The van der Waals surface area contributed by atoms with Gasteiger partial charge in [-0.25, -0.2) is 5.01 Å². The molecular formula is C27H39N3O4S. The summed E-state index contributed by atoms with van der Waals surface area (Å²) in [4.78, 5) is 12.9. The standard InChI is InChI=1S/C18H19N3O.C7H8OS.C2H6.2H2O.H2/c1-12-3-5-15(6-4-12)18-11-17(20-21(18)13(2)22)14-7-9-16(19)10-8-14;1-8-6-2-4-7(9)5-3-6;1-2;;;/h3-10,18H,11,19H2,1-2H3;2-5,9H,1H3;1-2H3;2*1H2;1H. The summed E-state index contributed by atoms with van der Waals surface area (Å²) in [6, 6.07) is 23.4. The minimum Gasteiger partial charge on any atom is -0.497 e. The molecule has 4 rings (SSSR count). The molecule has 7 nitrogen and oxygen atoms in total. The van der Waals surface area contributed by atoms with E-state index in [-0.39, 0.29) is 24.3 Å². The Labute approximate surface area is 215 Å². The first kappa shape index (κ1) is 31.7. The van der Waals surface area contributed by atoms with Crippen molar-refractivity contribution in [1.29, 1.82) is 0 Å². The van der Waals surface area contributed by atoms with Crippen LogP contribution in [0.1, 0.15) is 51.4 Å². The molecule has 35 heavy (non-hydrogen) atoms. The van der Waals surface area contributed by atoms with Crippen LogP contribution in [0, 0.1) is 6.92 Å². The van der Waals surface area contributed by atoms with E-state index in [4.69, 9.17) is 10.5 Å². The second-order valence-corrected chi connectivity index (χ2v) is 7.88. The summed E-state index contributed by atoms with van der Waals surface area (Å²) in [5, 5.41) is 6.11. The number of carbonyl (C=O) groups is 1. The van der Waals surface area contributed by atoms with Gasteiger partial charge in [-0.05, 0) is 54.4 Å². The molecule has 0 saturated carbocycles. The molecule has 6 N–H and O–H groups in total. The van der Waals surface area contributed by atoms with E-state index in [9.17, 15) is 4.79 Å².